The van der Waals surface area contributed by atoms with Gasteiger partial charge in [-0.1, -0.05) is 12.1 Å². The van der Waals surface area contributed by atoms with Crippen LogP contribution < -0.4 is 0 Å². The van der Waals surface area contributed by atoms with E-state index in [4.69, 9.17) is 4.74 Å². The van der Waals surface area contributed by atoms with E-state index in [0.29, 0.717) is 12.2 Å². The number of carbonyl (C=O) groups is 2. The number of likely N-dealkylation sites (N-methyl/N-ethyl adjacent to an activating group) is 1. The summed E-state index contributed by atoms with van der Waals surface area (Å²) in [5, 5.41) is 18.7. The minimum atomic E-state index is -1.04. The predicted octanol–water partition coefficient (Wildman–Crippen LogP) is 1.40. The van der Waals surface area contributed by atoms with E-state index in [-0.39, 0.29) is 24.7 Å². The second-order valence-electron chi connectivity index (χ2n) is 4.37. The average molecular weight is 281 g/mol. The predicted molar refractivity (Wildman–Crippen MR) is 72.4 cm³/mol. The molecule has 1 atom stereocenters. The van der Waals surface area contributed by atoms with Crippen molar-refractivity contribution < 1.29 is 24.5 Å². The second kappa shape index (κ2) is 7.49. The lowest BCUT2D eigenvalue weighted by Crippen LogP contribution is -2.32. The molecule has 6 nitrogen and oxygen atoms in total. The number of hydrogen-bond donors (Lipinski definition) is 2. The molecule has 0 bridgehead atoms. The fourth-order valence-electron chi connectivity index (χ4n) is 1.91. The molecule has 20 heavy (non-hydrogen) atoms. The zero-order valence-electron chi connectivity index (χ0n) is 11.6. The lowest BCUT2D eigenvalue weighted by Gasteiger charge is -2.24. The van der Waals surface area contributed by atoms with Crippen molar-refractivity contribution in [3.63, 3.8) is 0 Å². The Hall–Kier alpha value is -2.08. The first-order valence-corrected chi connectivity index (χ1v) is 6.33. The van der Waals surface area contributed by atoms with Crippen LogP contribution in [0.15, 0.2) is 24.3 Å². The first-order chi connectivity index (χ1) is 9.45. The number of aliphatic carboxylic acids is 1. The van der Waals surface area contributed by atoms with E-state index >= 15 is 0 Å². The van der Waals surface area contributed by atoms with Gasteiger partial charge >= 0.3 is 11.9 Å². The Morgan fingerprint density at radius 1 is 1.40 bits per heavy atom. The highest BCUT2D eigenvalue weighted by Crippen LogP contribution is 2.23. The molecule has 0 aliphatic rings. The number of hydrogen-bond acceptors (Lipinski definition) is 5. The molecule has 0 aliphatic carbocycles. The Morgan fingerprint density at radius 2 is 2.10 bits per heavy atom. The average Bonchev–Trinajstić information content (AvgIpc) is 2.36. The number of aromatic hydroxyl groups is 1. The second-order valence-corrected chi connectivity index (χ2v) is 4.37. The molecule has 110 valence electrons. The van der Waals surface area contributed by atoms with Gasteiger partial charge in [-0.25, -0.2) is 0 Å². The molecular formula is C14H19NO5. The molecular weight excluding hydrogens is 262 g/mol. The van der Waals surface area contributed by atoms with E-state index in [2.05, 4.69) is 0 Å². The summed E-state index contributed by atoms with van der Waals surface area (Å²) in [5.41, 5.74) is 0.462. The number of rotatable bonds is 7. The van der Waals surface area contributed by atoms with Crippen molar-refractivity contribution in [3.05, 3.63) is 29.8 Å². The van der Waals surface area contributed by atoms with E-state index in [1.165, 1.54) is 17.0 Å². The molecule has 0 radical (unpaired) electrons. The molecule has 0 aliphatic heterocycles. The Balaban J connectivity index is 2.76. The highest BCUT2D eigenvalue weighted by Gasteiger charge is 2.25. The van der Waals surface area contributed by atoms with Crippen molar-refractivity contribution in [2.45, 2.75) is 19.4 Å². The lowest BCUT2D eigenvalue weighted by atomic mass is 10.1. The molecule has 1 rings (SSSR count). The normalized spacial score (nSPS) is 12.2. The van der Waals surface area contributed by atoms with Crippen molar-refractivity contribution in [2.75, 3.05) is 20.2 Å². The van der Waals surface area contributed by atoms with Crippen molar-refractivity contribution in [2.24, 2.45) is 0 Å². The zero-order valence-corrected chi connectivity index (χ0v) is 11.6. The molecule has 1 unspecified atom stereocenters. The van der Waals surface area contributed by atoms with Crippen LogP contribution in [0.1, 0.15) is 24.9 Å². The number of carboxylic acid groups (broad SMARTS) is 1. The maximum atomic E-state index is 11.4. The fourth-order valence-corrected chi connectivity index (χ4v) is 1.91. The van der Waals surface area contributed by atoms with Crippen LogP contribution in [0.5, 0.6) is 5.75 Å². The van der Waals surface area contributed by atoms with Crippen molar-refractivity contribution in [1.29, 1.82) is 0 Å². The van der Waals surface area contributed by atoms with Gasteiger partial charge in [0.2, 0.25) is 0 Å². The molecule has 2 N–H and O–H groups in total. The largest absolute Gasteiger partial charge is 0.508 e. The minimum absolute atomic E-state index is 0.00698. The van der Waals surface area contributed by atoms with Crippen LogP contribution in [0.25, 0.3) is 0 Å². The van der Waals surface area contributed by atoms with Gasteiger partial charge in [0.15, 0.2) is 0 Å². The summed E-state index contributed by atoms with van der Waals surface area (Å²) < 4.78 is 4.80. The van der Waals surface area contributed by atoms with Crippen LogP contribution in [0.3, 0.4) is 0 Å². The molecule has 0 heterocycles. The molecule has 1 aromatic rings. The summed E-state index contributed by atoms with van der Waals surface area (Å²) >= 11 is 0. The number of phenolic OH excluding ortho intramolecular Hbond substituents is 1. The van der Waals surface area contributed by atoms with Crippen LogP contribution in [-0.4, -0.2) is 47.3 Å². The third-order valence-corrected chi connectivity index (χ3v) is 2.83. The SMILES string of the molecule is CCOC(=O)CCN(C)C(C(=O)O)c1cccc(O)c1. The number of phenols is 1. The Morgan fingerprint density at radius 3 is 2.65 bits per heavy atom. The number of carbonyl (C=O) groups excluding carboxylic acids is 1. The van der Waals surface area contributed by atoms with Crippen molar-refractivity contribution in [3.8, 4) is 5.75 Å². The Labute approximate surface area is 117 Å². The van der Waals surface area contributed by atoms with E-state index in [1.807, 2.05) is 0 Å². The quantitative estimate of drug-likeness (QED) is 0.735. The first kappa shape index (κ1) is 16.0. The van der Waals surface area contributed by atoms with Crippen LogP contribution in [0, 0.1) is 0 Å². The van der Waals surface area contributed by atoms with Gasteiger partial charge in [0.05, 0.1) is 13.0 Å². The van der Waals surface area contributed by atoms with E-state index in [0.717, 1.165) is 0 Å². The molecule has 0 saturated carbocycles. The van der Waals surface area contributed by atoms with E-state index in [1.54, 1.807) is 26.1 Å². The van der Waals surface area contributed by atoms with Gasteiger partial charge in [-0.15, -0.1) is 0 Å². The molecule has 0 amide bonds. The number of carboxylic acids is 1. The van der Waals surface area contributed by atoms with Crippen LogP contribution in [0.4, 0.5) is 0 Å². The van der Waals surface area contributed by atoms with Crippen LogP contribution in [0.2, 0.25) is 0 Å². The standard InChI is InChI=1S/C14H19NO5/c1-3-20-12(17)7-8-15(2)13(14(18)19)10-5-4-6-11(16)9-10/h4-6,9,13,16H,3,7-8H2,1-2H3,(H,18,19). The molecule has 0 spiro atoms. The lowest BCUT2D eigenvalue weighted by molar-refractivity contribution is -0.146. The number of esters is 1. The highest BCUT2D eigenvalue weighted by atomic mass is 16.5. The zero-order chi connectivity index (χ0) is 15.1. The van der Waals surface area contributed by atoms with Crippen molar-refractivity contribution in [1.82, 2.24) is 4.90 Å². The molecule has 0 fully saturated rings. The summed E-state index contributed by atoms with van der Waals surface area (Å²) in [4.78, 5) is 24.2. The smallest absolute Gasteiger partial charge is 0.325 e. The molecule has 1 aromatic carbocycles. The molecule has 0 aromatic heterocycles. The third kappa shape index (κ3) is 4.55. The van der Waals surface area contributed by atoms with Gasteiger partial charge < -0.3 is 14.9 Å². The number of benzene rings is 1. The monoisotopic (exact) mass is 281 g/mol. The first-order valence-electron chi connectivity index (χ1n) is 6.33. The maximum absolute atomic E-state index is 11.4. The van der Waals surface area contributed by atoms with Crippen LogP contribution >= 0.6 is 0 Å². The Bertz CT molecular complexity index is 474. The molecule has 0 saturated heterocycles. The third-order valence-electron chi connectivity index (χ3n) is 2.83. The summed E-state index contributed by atoms with van der Waals surface area (Å²) in [7, 11) is 1.61. The fraction of sp³-hybridized carbons (Fsp3) is 0.429. The summed E-state index contributed by atoms with van der Waals surface area (Å²) in [6.07, 6.45) is 0.118. The summed E-state index contributed by atoms with van der Waals surface area (Å²) in [6, 6.07) is 5.16. The van der Waals surface area contributed by atoms with E-state index < -0.39 is 12.0 Å². The number of ether oxygens (including phenoxy) is 1. The summed E-state index contributed by atoms with van der Waals surface area (Å²) in [6.45, 7) is 2.28. The van der Waals surface area contributed by atoms with Crippen LogP contribution in [-0.2, 0) is 14.3 Å². The van der Waals surface area contributed by atoms with Crippen molar-refractivity contribution >= 4 is 11.9 Å². The van der Waals surface area contributed by atoms with Gasteiger partial charge in [0, 0.05) is 6.54 Å². The minimum Gasteiger partial charge on any atom is -0.508 e. The maximum Gasteiger partial charge on any atom is 0.325 e. The van der Waals surface area contributed by atoms with Gasteiger partial charge in [-0.2, -0.15) is 0 Å². The molecule has 6 heteroatoms. The van der Waals surface area contributed by atoms with Gasteiger partial charge in [0.25, 0.3) is 0 Å². The van der Waals surface area contributed by atoms with E-state index in [9.17, 15) is 19.8 Å². The Kier molecular flexibility index (Phi) is 5.99. The topological polar surface area (TPSA) is 87.1 Å². The highest BCUT2D eigenvalue weighted by molar-refractivity contribution is 5.76. The van der Waals surface area contributed by atoms with Gasteiger partial charge in [0.1, 0.15) is 11.8 Å². The van der Waals surface area contributed by atoms with Gasteiger partial charge in [-0.05, 0) is 31.7 Å². The van der Waals surface area contributed by atoms with Gasteiger partial charge in [-0.3, -0.25) is 14.5 Å². The summed E-state index contributed by atoms with van der Waals surface area (Å²) in [5.74, 6) is -1.39. The number of nitrogens with zero attached hydrogens (tertiary/aromatic N) is 1.